The Kier molecular flexibility index (Phi) is 3.75. The first-order valence-corrected chi connectivity index (χ1v) is 6.84. The van der Waals surface area contributed by atoms with Gasteiger partial charge in [0.2, 0.25) is 5.95 Å². The van der Waals surface area contributed by atoms with E-state index in [4.69, 9.17) is 0 Å². The number of rotatable bonds is 5. The lowest BCUT2D eigenvalue weighted by Crippen LogP contribution is -2.21. The molecule has 3 heteroatoms. The number of hydrogen-bond donors (Lipinski definition) is 1. The molecule has 2 rings (SSSR count). The van der Waals surface area contributed by atoms with Crippen molar-refractivity contribution >= 4 is 5.95 Å². The molecule has 1 aliphatic rings. The number of anilines is 1. The van der Waals surface area contributed by atoms with Crippen molar-refractivity contribution in [2.24, 2.45) is 11.3 Å². The van der Waals surface area contributed by atoms with Crippen molar-refractivity contribution in [1.82, 2.24) is 9.55 Å². The molecule has 0 atom stereocenters. The molecule has 1 heterocycles. The van der Waals surface area contributed by atoms with Crippen molar-refractivity contribution in [3.63, 3.8) is 0 Å². The molecule has 0 amide bonds. The third-order valence-corrected chi connectivity index (χ3v) is 3.75. The Morgan fingerprint density at radius 3 is 2.76 bits per heavy atom. The maximum atomic E-state index is 4.41. The lowest BCUT2D eigenvalue weighted by Gasteiger charge is -2.25. The molecule has 0 saturated heterocycles. The SMILES string of the molecule is CC(C)CNc1nccn1CC1(C)CCCC1. The fraction of sp³-hybridized carbons (Fsp3) is 0.786. The largest absolute Gasteiger partial charge is 0.355 e. The van der Waals surface area contributed by atoms with E-state index in [1.165, 1.54) is 25.7 Å². The number of aromatic nitrogens is 2. The molecule has 1 aliphatic carbocycles. The Morgan fingerprint density at radius 2 is 2.12 bits per heavy atom. The van der Waals surface area contributed by atoms with Crippen LogP contribution in [0.15, 0.2) is 12.4 Å². The lowest BCUT2D eigenvalue weighted by molar-refractivity contribution is 0.283. The average Bonchev–Trinajstić information content (AvgIpc) is 2.85. The highest BCUT2D eigenvalue weighted by molar-refractivity contribution is 5.26. The zero-order chi connectivity index (χ0) is 12.3. The summed E-state index contributed by atoms with van der Waals surface area (Å²) in [5.74, 6) is 1.69. The summed E-state index contributed by atoms with van der Waals surface area (Å²) in [6, 6.07) is 0. The second-order valence-electron chi connectivity index (χ2n) is 6.17. The van der Waals surface area contributed by atoms with Gasteiger partial charge in [0, 0.05) is 25.5 Å². The molecule has 0 aromatic carbocycles. The Bertz CT molecular complexity index is 348. The van der Waals surface area contributed by atoms with Crippen LogP contribution in [0.3, 0.4) is 0 Å². The number of nitrogens with one attached hydrogen (secondary N) is 1. The summed E-state index contributed by atoms with van der Waals surface area (Å²) in [7, 11) is 0. The van der Waals surface area contributed by atoms with Crippen LogP contribution in [-0.4, -0.2) is 16.1 Å². The monoisotopic (exact) mass is 235 g/mol. The molecule has 3 nitrogen and oxygen atoms in total. The van der Waals surface area contributed by atoms with Gasteiger partial charge < -0.3 is 9.88 Å². The van der Waals surface area contributed by atoms with E-state index in [0.717, 1.165) is 19.0 Å². The zero-order valence-corrected chi connectivity index (χ0v) is 11.4. The number of imidazole rings is 1. The molecule has 96 valence electrons. The van der Waals surface area contributed by atoms with E-state index >= 15 is 0 Å². The predicted octanol–water partition coefficient (Wildman–Crippen LogP) is 3.53. The van der Waals surface area contributed by atoms with Crippen molar-refractivity contribution in [3.8, 4) is 0 Å². The van der Waals surface area contributed by atoms with E-state index in [2.05, 4.69) is 41.8 Å². The van der Waals surface area contributed by atoms with Crippen LogP contribution in [0.5, 0.6) is 0 Å². The molecule has 0 spiro atoms. The fourth-order valence-electron chi connectivity index (χ4n) is 2.70. The van der Waals surface area contributed by atoms with Crippen LogP contribution in [0.2, 0.25) is 0 Å². The van der Waals surface area contributed by atoms with Crippen molar-refractivity contribution in [2.45, 2.75) is 53.0 Å². The Morgan fingerprint density at radius 1 is 1.41 bits per heavy atom. The first-order chi connectivity index (χ1) is 8.09. The molecule has 0 radical (unpaired) electrons. The second kappa shape index (κ2) is 5.11. The molecule has 1 N–H and O–H groups in total. The summed E-state index contributed by atoms with van der Waals surface area (Å²) >= 11 is 0. The van der Waals surface area contributed by atoms with Gasteiger partial charge in [0.25, 0.3) is 0 Å². The van der Waals surface area contributed by atoms with Gasteiger partial charge in [0.05, 0.1) is 0 Å². The van der Waals surface area contributed by atoms with Gasteiger partial charge in [-0.2, -0.15) is 0 Å². The van der Waals surface area contributed by atoms with E-state index in [-0.39, 0.29) is 0 Å². The van der Waals surface area contributed by atoms with E-state index in [1.807, 2.05) is 6.20 Å². The highest BCUT2D eigenvalue weighted by Crippen LogP contribution is 2.39. The number of hydrogen-bond acceptors (Lipinski definition) is 2. The predicted molar refractivity (Wildman–Crippen MR) is 72.1 cm³/mol. The summed E-state index contributed by atoms with van der Waals surface area (Å²) in [5, 5.41) is 3.44. The van der Waals surface area contributed by atoms with Gasteiger partial charge in [-0.1, -0.05) is 33.6 Å². The van der Waals surface area contributed by atoms with Crippen molar-refractivity contribution < 1.29 is 0 Å². The molecule has 0 aliphatic heterocycles. The molecule has 1 saturated carbocycles. The molecule has 0 bridgehead atoms. The fourth-order valence-corrected chi connectivity index (χ4v) is 2.70. The van der Waals surface area contributed by atoms with Crippen LogP contribution < -0.4 is 5.32 Å². The quantitative estimate of drug-likeness (QED) is 0.846. The highest BCUT2D eigenvalue weighted by Gasteiger charge is 2.29. The van der Waals surface area contributed by atoms with Crippen LogP contribution in [0.1, 0.15) is 46.5 Å². The van der Waals surface area contributed by atoms with Gasteiger partial charge in [0.15, 0.2) is 0 Å². The Labute approximate surface area is 105 Å². The highest BCUT2D eigenvalue weighted by atomic mass is 15.2. The summed E-state index contributed by atoms with van der Waals surface area (Å²) in [5.41, 5.74) is 0.481. The molecule has 1 fully saturated rings. The minimum Gasteiger partial charge on any atom is -0.355 e. The molecular weight excluding hydrogens is 210 g/mol. The maximum absolute atomic E-state index is 4.41. The average molecular weight is 235 g/mol. The Hall–Kier alpha value is -0.990. The molecular formula is C14H25N3. The summed E-state index contributed by atoms with van der Waals surface area (Å²) in [6.07, 6.45) is 9.50. The molecule has 1 aromatic heterocycles. The van der Waals surface area contributed by atoms with Crippen molar-refractivity contribution in [2.75, 3.05) is 11.9 Å². The molecule has 17 heavy (non-hydrogen) atoms. The van der Waals surface area contributed by atoms with E-state index in [1.54, 1.807) is 0 Å². The first kappa shape index (κ1) is 12.5. The number of nitrogens with zero attached hydrogens (tertiary/aromatic N) is 2. The van der Waals surface area contributed by atoms with E-state index < -0.39 is 0 Å². The molecule has 1 aromatic rings. The van der Waals surface area contributed by atoms with Crippen LogP contribution in [0, 0.1) is 11.3 Å². The summed E-state index contributed by atoms with van der Waals surface area (Å²) in [4.78, 5) is 4.41. The normalized spacial score (nSPS) is 18.8. The third-order valence-electron chi connectivity index (χ3n) is 3.75. The van der Waals surface area contributed by atoms with Gasteiger partial charge in [0.1, 0.15) is 0 Å². The standard InChI is InChI=1S/C14H25N3/c1-12(2)10-16-13-15-8-9-17(13)11-14(3)6-4-5-7-14/h8-9,12H,4-7,10-11H2,1-3H3,(H,15,16). The van der Waals surface area contributed by atoms with Gasteiger partial charge in [-0.25, -0.2) is 4.98 Å². The first-order valence-electron chi connectivity index (χ1n) is 6.84. The smallest absolute Gasteiger partial charge is 0.202 e. The van der Waals surface area contributed by atoms with Crippen molar-refractivity contribution in [3.05, 3.63) is 12.4 Å². The minimum absolute atomic E-state index is 0.481. The summed E-state index contributed by atoms with van der Waals surface area (Å²) in [6.45, 7) is 8.95. The third kappa shape index (κ3) is 3.24. The van der Waals surface area contributed by atoms with Gasteiger partial charge in [-0.05, 0) is 24.2 Å². The van der Waals surface area contributed by atoms with E-state index in [9.17, 15) is 0 Å². The van der Waals surface area contributed by atoms with Gasteiger partial charge >= 0.3 is 0 Å². The van der Waals surface area contributed by atoms with Crippen molar-refractivity contribution in [1.29, 1.82) is 0 Å². The second-order valence-corrected chi connectivity index (χ2v) is 6.17. The molecule has 0 unspecified atom stereocenters. The summed E-state index contributed by atoms with van der Waals surface area (Å²) < 4.78 is 2.29. The lowest BCUT2D eigenvalue weighted by atomic mass is 9.89. The maximum Gasteiger partial charge on any atom is 0.202 e. The minimum atomic E-state index is 0.481. The van der Waals surface area contributed by atoms with Crippen LogP contribution in [0.4, 0.5) is 5.95 Å². The van der Waals surface area contributed by atoms with Gasteiger partial charge in [-0.3, -0.25) is 0 Å². The zero-order valence-electron chi connectivity index (χ0n) is 11.4. The van der Waals surface area contributed by atoms with Crippen LogP contribution in [0.25, 0.3) is 0 Å². The Balaban J connectivity index is 1.98. The van der Waals surface area contributed by atoms with Crippen LogP contribution in [-0.2, 0) is 6.54 Å². The van der Waals surface area contributed by atoms with Gasteiger partial charge in [-0.15, -0.1) is 0 Å². The van der Waals surface area contributed by atoms with Crippen LogP contribution >= 0.6 is 0 Å². The van der Waals surface area contributed by atoms with E-state index in [0.29, 0.717) is 11.3 Å². The topological polar surface area (TPSA) is 29.9 Å².